The van der Waals surface area contributed by atoms with Crippen LogP contribution >= 0.6 is 0 Å². The Balaban J connectivity index is 1.97. The molecule has 0 saturated carbocycles. The molecule has 3 nitrogen and oxygen atoms in total. The van der Waals surface area contributed by atoms with Crippen LogP contribution in [0.1, 0.15) is 43.4 Å². The van der Waals surface area contributed by atoms with Crippen LogP contribution in [0.3, 0.4) is 0 Å². The predicted octanol–water partition coefficient (Wildman–Crippen LogP) is 6.65. The number of anilines is 1. The van der Waals surface area contributed by atoms with E-state index < -0.39 is 8.32 Å². The Kier molecular flexibility index (Phi) is 4.88. The Hall–Kier alpha value is -2.48. The number of aromatic nitrogens is 1. The number of fused-ring (bicyclic) bond motifs is 2. The van der Waals surface area contributed by atoms with Crippen LogP contribution in [-0.2, 0) is 4.43 Å². The highest BCUT2D eigenvalue weighted by molar-refractivity contribution is 6.69. The molecule has 4 heteroatoms. The number of rotatable bonds is 3. The van der Waals surface area contributed by atoms with Crippen molar-refractivity contribution in [2.24, 2.45) is 0 Å². The zero-order valence-electron chi connectivity index (χ0n) is 19.1. The molecule has 1 aliphatic heterocycles. The van der Waals surface area contributed by atoms with E-state index in [0.717, 1.165) is 22.2 Å². The van der Waals surface area contributed by atoms with Crippen LogP contribution in [0.2, 0.25) is 19.6 Å². The summed E-state index contributed by atoms with van der Waals surface area (Å²) in [6.45, 7) is 15.7. The number of terminal acetylenes is 1. The average molecular weight is 417 g/mol. The summed E-state index contributed by atoms with van der Waals surface area (Å²) in [7, 11) is -1.74. The third-order valence-electron chi connectivity index (χ3n) is 6.13. The summed E-state index contributed by atoms with van der Waals surface area (Å²) >= 11 is 0. The van der Waals surface area contributed by atoms with Gasteiger partial charge in [0.25, 0.3) is 0 Å². The van der Waals surface area contributed by atoms with E-state index >= 15 is 0 Å². The molecule has 0 unspecified atom stereocenters. The van der Waals surface area contributed by atoms with Gasteiger partial charge in [-0.1, -0.05) is 31.0 Å². The molecule has 2 aromatic carbocycles. The first kappa shape index (κ1) is 20.8. The lowest BCUT2D eigenvalue weighted by molar-refractivity contribution is 0.104. The minimum absolute atomic E-state index is 0.0553. The number of aryl methyl sites for hydroxylation is 1. The van der Waals surface area contributed by atoms with Gasteiger partial charge in [0.1, 0.15) is 0 Å². The topological polar surface area (TPSA) is 37.0 Å². The largest absolute Gasteiger partial charge is 0.412 e. The molecule has 1 aromatic heterocycles. The van der Waals surface area contributed by atoms with E-state index in [1.165, 1.54) is 22.2 Å². The van der Waals surface area contributed by atoms with Gasteiger partial charge in [0.05, 0.1) is 17.2 Å². The maximum absolute atomic E-state index is 6.71. The fourth-order valence-electron chi connectivity index (χ4n) is 4.94. The van der Waals surface area contributed by atoms with Gasteiger partial charge in [0.15, 0.2) is 8.32 Å². The van der Waals surface area contributed by atoms with Gasteiger partial charge in [-0.2, -0.15) is 0 Å². The van der Waals surface area contributed by atoms with Gasteiger partial charge < -0.3 is 14.7 Å². The summed E-state index contributed by atoms with van der Waals surface area (Å²) in [5.74, 6) is 3.24. The van der Waals surface area contributed by atoms with Gasteiger partial charge in [-0.05, 0) is 69.1 Å². The molecule has 0 aliphatic carbocycles. The predicted molar refractivity (Wildman–Crippen MR) is 131 cm³/mol. The smallest absolute Gasteiger partial charge is 0.184 e. The van der Waals surface area contributed by atoms with Crippen molar-refractivity contribution in [1.82, 2.24) is 4.98 Å². The monoisotopic (exact) mass is 416 g/mol. The van der Waals surface area contributed by atoms with Gasteiger partial charge in [-0.3, -0.25) is 0 Å². The molecular formula is C26H32N2OSi. The van der Waals surface area contributed by atoms with Gasteiger partial charge in [-0.15, -0.1) is 6.42 Å². The first-order valence-electron chi connectivity index (χ1n) is 10.7. The lowest BCUT2D eigenvalue weighted by atomic mass is 9.75. The molecule has 4 rings (SSSR count). The second-order valence-electron chi connectivity index (χ2n) is 10.1. The molecule has 156 valence electrons. The molecule has 0 amide bonds. The summed E-state index contributed by atoms with van der Waals surface area (Å²) in [6.07, 6.45) is 8.20. The van der Waals surface area contributed by atoms with Gasteiger partial charge in [0, 0.05) is 34.5 Å². The van der Waals surface area contributed by atoms with Crippen LogP contribution < -0.4 is 5.32 Å². The lowest BCUT2D eigenvalue weighted by Crippen LogP contribution is -2.54. The van der Waals surface area contributed by atoms with Crippen molar-refractivity contribution in [1.29, 1.82) is 0 Å². The third kappa shape index (κ3) is 3.36. The van der Waals surface area contributed by atoms with Crippen molar-refractivity contribution in [2.75, 3.05) is 5.32 Å². The van der Waals surface area contributed by atoms with Crippen molar-refractivity contribution in [3.05, 3.63) is 53.2 Å². The molecule has 0 radical (unpaired) electrons. The molecule has 2 atom stereocenters. The zero-order chi connectivity index (χ0) is 21.8. The van der Waals surface area contributed by atoms with Crippen molar-refractivity contribution in [2.45, 2.75) is 64.9 Å². The normalized spacial score (nSPS) is 20.5. The molecule has 0 spiro atoms. The number of hydrogen-bond donors (Lipinski definition) is 2. The van der Waals surface area contributed by atoms with E-state index in [4.69, 9.17) is 10.8 Å². The molecule has 0 saturated heterocycles. The Morgan fingerprint density at radius 1 is 1.13 bits per heavy atom. The molecular weight excluding hydrogens is 384 g/mol. The van der Waals surface area contributed by atoms with Crippen LogP contribution in [0.5, 0.6) is 0 Å². The molecule has 3 aromatic rings. The fraction of sp³-hybridized carbons (Fsp3) is 0.385. The van der Waals surface area contributed by atoms with E-state index in [1.807, 2.05) is 6.20 Å². The van der Waals surface area contributed by atoms with Gasteiger partial charge in [-0.25, -0.2) is 0 Å². The third-order valence-corrected chi connectivity index (χ3v) is 7.09. The molecule has 1 aliphatic rings. The van der Waals surface area contributed by atoms with Crippen LogP contribution in [0, 0.1) is 19.3 Å². The highest BCUT2D eigenvalue weighted by atomic mass is 28.4. The molecule has 2 heterocycles. The Labute approximate surface area is 181 Å². The molecule has 2 N–H and O–H groups in total. The summed E-state index contributed by atoms with van der Waals surface area (Å²) in [6, 6.07) is 10.7. The van der Waals surface area contributed by atoms with Gasteiger partial charge in [0.2, 0.25) is 0 Å². The number of aromatic amines is 1. The molecule has 0 fully saturated rings. The summed E-state index contributed by atoms with van der Waals surface area (Å²) < 4.78 is 6.71. The second kappa shape index (κ2) is 7.04. The first-order valence-corrected chi connectivity index (χ1v) is 14.1. The summed E-state index contributed by atoms with van der Waals surface area (Å²) in [5, 5.41) is 4.98. The number of hydrogen-bond acceptors (Lipinski definition) is 2. The highest BCUT2D eigenvalue weighted by Crippen LogP contribution is 2.47. The fourth-order valence-corrected chi connectivity index (χ4v) is 6.20. The lowest BCUT2D eigenvalue weighted by Gasteiger charge is -2.48. The van der Waals surface area contributed by atoms with Crippen LogP contribution in [0.25, 0.3) is 22.0 Å². The summed E-state index contributed by atoms with van der Waals surface area (Å²) in [5.41, 5.74) is 7.77. The van der Waals surface area contributed by atoms with Crippen LogP contribution in [-0.4, -0.2) is 24.9 Å². The Morgan fingerprint density at radius 3 is 2.53 bits per heavy atom. The van der Waals surface area contributed by atoms with Gasteiger partial charge >= 0.3 is 0 Å². The minimum atomic E-state index is -1.74. The standard InChI is InChI=1S/C26H32N2OSi/c1-9-19-21(20-12-10-11-18-13-14-27-24(18)20)15-16(2)23-22(19)17(3)25(26(4,5)28-23)29-30(6,7)8/h1,10-15,17,25,27-28H,2-8H3/t17-,25+/m0/s1. The van der Waals surface area contributed by atoms with Crippen molar-refractivity contribution in [3.8, 4) is 23.5 Å². The molecule has 30 heavy (non-hydrogen) atoms. The maximum Gasteiger partial charge on any atom is 0.184 e. The van der Waals surface area contributed by atoms with E-state index in [1.54, 1.807) is 0 Å². The van der Waals surface area contributed by atoms with E-state index in [-0.39, 0.29) is 17.6 Å². The second-order valence-corrected chi connectivity index (χ2v) is 14.5. The minimum Gasteiger partial charge on any atom is -0.412 e. The number of para-hydroxylation sites is 1. The Bertz CT molecular complexity index is 1160. The number of H-pyrrole nitrogens is 1. The quantitative estimate of drug-likeness (QED) is 0.370. The van der Waals surface area contributed by atoms with E-state index in [0.29, 0.717) is 0 Å². The van der Waals surface area contributed by atoms with Crippen molar-refractivity contribution >= 4 is 24.9 Å². The van der Waals surface area contributed by atoms with E-state index in [2.05, 4.69) is 93.9 Å². The highest BCUT2D eigenvalue weighted by Gasteiger charge is 2.44. The maximum atomic E-state index is 6.71. The van der Waals surface area contributed by atoms with E-state index in [9.17, 15) is 0 Å². The average Bonchev–Trinajstić information content (AvgIpc) is 3.13. The van der Waals surface area contributed by atoms with Crippen LogP contribution in [0.15, 0.2) is 36.5 Å². The zero-order valence-corrected chi connectivity index (χ0v) is 20.1. The first-order chi connectivity index (χ1) is 14.0. The SMILES string of the molecule is C#Cc1c(-c2cccc3cc[nH]c23)cc(C)c2c1[C@H](C)[C@@H](O[Si](C)(C)C)C(C)(C)N2. The number of benzene rings is 2. The van der Waals surface area contributed by atoms with Crippen molar-refractivity contribution < 1.29 is 4.43 Å². The summed E-state index contributed by atoms with van der Waals surface area (Å²) in [4.78, 5) is 3.40. The molecule has 0 bridgehead atoms. The van der Waals surface area contributed by atoms with Crippen LogP contribution in [0.4, 0.5) is 5.69 Å². The van der Waals surface area contributed by atoms with Crippen molar-refractivity contribution in [3.63, 3.8) is 0 Å². The number of nitrogens with one attached hydrogen (secondary N) is 2. The Morgan fingerprint density at radius 2 is 1.87 bits per heavy atom.